The van der Waals surface area contributed by atoms with Crippen molar-refractivity contribution in [2.45, 2.75) is 45.6 Å². The SMILES string of the molecule is CCCCc1ccc(C#CCC(C)O)cc1. The lowest BCUT2D eigenvalue weighted by Crippen LogP contribution is -1.95. The maximum absolute atomic E-state index is 9.07. The lowest BCUT2D eigenvalue weighted by Gasteiger charge is -1.99. The molecule has 0 fully saturated rings. The average Bonchev–Trinajstić information content (AvgIpc) is 2.27. The van der Waals surface area contributed by atoms with Crippen LogP contribution < -0.4 is 0 Å². The first kappa shape index (κ1) is 12.8. The maximum atomic E-state index is 9.07. The third-order valence-electron chi connectivity index (χ3n) is 2.40. The van der Waals surface area contributed by atoms with Crippen molar-refractivity contribution in [3.8, 4) is 11.8 Å². The number of aliphatic hydroxyl groups is 1. The number of rotatable bonds is 4. The maximum Gasteiger partial charge on any atom is 0.0621 e. The summed E-state index contributed by atoms with van der Waals surface area (Å²) in [7, 11) is 0. The average molecular weight is 216 g/mol. The lowest BCUT2D eigenvalue weighted by atomic mass is 10.1. The van der Waals surface area contributed by atoms with E-state index in [0.717, 1.165) is 12.0 Å². The molecular weight excluding hydrogens is 196 g/mol. The van der Waals surface area contributed by atoms with Gasteiger partial charge in [0.05, 0.1) is 6.10 Å². The van der Waals surface area contributed by atoms with Gasteiger partial charge in [-0.15, -0.1) is 0 Å². The Morgan fingerprint density at radius 2 is 1.94 bits per heavy atom. The van der Waals surface area contributed by atoms with Crippen molar-refractivity contribution < 1.29 is 5.11 Å². The minimum absolute atomic E-state index is 0.337. The summed E-state index contributed by atoms with van der Waals surface area (Å²) in [6.07, 6.45) is 3.83. The molecule has 0 aliphatic heterocycles. The van der Waals surface area contributed by atoms with Crippen LogP contribution in [0, 0.1) is 11.8 Å². The molecule has 1 N–H and O–H groups in total. The zero-order valence-corrected chi connectivity index (χ0v) is 10.2. The van der Waals surface area contributed by atoms with Gasteiger partial charge in [-0.1, -0.05) is 37.3 Å². The molecule has 0 aromatic heterocycles. The van der Waals surface area contributed by atoms with E-state index >= 15 is 0 Å². The van der Waals surface area contributed by atoms with E-state index in [4.69, 9.17) is 5.11 Å². The standard InChI is InChI=1S/C15H20O/c1-3-4-7-14-9-11-15(12-10-14)8-5-6-13(2)16/h9-13,16H,3-4,6-7H2,1-2H3. The van der Waals surface area contributed by atoms with Crippen LogP contribution in [-0.4, -0.2) is 11.2 Å². The highest BCUT2D eigenvalue weighted by atomic mass is 16.3. The molecule has 0 radical (unpaired) electrons. The monoisotopic (exact) mass is 216 g/mol. The predicted molar refractivity (Wildman–Crippen MR) is 68.2 cm³/mol. The van der Waals surface area contributed by atoms with E-state index < -0.39 is 0 Å². The third kappa shape index (κ3) is 5.00. The lowest BCUT2D eigenvalue weighted by molar-refractivity contribution is 0.201. The summed E-state index contributed by atoms with van der Waals surface area (Å²) in [5.74, 6) is 6.01. The summed E-state index contributed by atoms with van der Waals surface area (Å²) in [5, 5.41) is 9.07. The van der Waals surface area contributed by atoms with Crippen LogP contribution in [0.15, 0.2) is 24.3 Å². The van der Waals surface area contributed by atoms with Crippen molar-refractivity contribution in [2.75, 3.05) is 0 Å². The zero-order chi connectivity index (χ0) is 11.8. The van der Waals surface area contributed by atoms with E-state index in [9.17, 15) is 0 Å². The number of unbranched alkanes of at least 4 members (excludes halogenated alkanes) is 1. The van der Waals surface area contributed by atoms with Crippen LogP contribution in [0.2, 0.25) is 0 Å². The van der Waals surface area contributed by atoms with Crippen LogP contribution in [0.3, 0.4) is 0 Å². The first-order chi connectivity index (χ1) is 7.72. The normalized spacial score (nSPS) is 11.7. The Hall–Kier alpha value is -1.26. The minimum Gasteiger partial charge on any atom is -0.392 e. The molecule has 0 heterocycles. The van der Waals surface area contributed by atoms with Gasteiger partial charge < -0.3 is 5.11 Å². The van der Waals surface area contributed by atoms with Crippen LogP contribution in [0.5, 0.6) is 0 Å². The summed E-state index contributed by atoms with van der Waals surface area (Å²) in [6, 6.07) is 8.39. The molecule has 0 spiro atoms. The second-order valence-electron chi connectivity index (χ2n) is 4.16. The Balaban J connectivity index is 2.53. The molecule has 0 aliphatic rings. The molecular formula is C15H20O. The fourth-order valence-electron chi connectivity index (χ4n) is 1.44. The second kappa shape index (κ2) is 7.09. The largest absolute Gasteiger partial charge is 0.392 e. The highest BCUT2D eigenvalue weighted by Crippen LogP contribution is 2.07. The minimum atomic E-state index is -0.337. The Labute approximate surface area is 98.5 Å². The highest BCUT2D eigenvalue weighted by molar-refractivity contribution is 5.36. The van der Waals surface area contributed by atoms with E-state index in [1.807, 2.05) is 0 Å². The summed E-state index contributed by atoms with van der Waals surface area (Å²) in [6.45, 7) is 3.96. The predicted octanol–water partition coefficient (Wildman–Crippen LogP) is 3.15. The van der Waals surface area contributed by atoms with Gasteiger partial charge in [-0.25, -0.2) is 0 Å². The molecule has 1 rings (SSSR count). The Bertz CT molecular complexity index is 351. The van der Waals surface area contributed by atoms with Gasteiger partial charge in [-0.05, 0) is 37.5 Å². The molecule has 16 heavy (non-hydrogen) atoms. The molecule has 1 aromatic carbocycles. The van der Waals surface area contributed by atoms with Crippen molar-refractivity contribution in [3.63, 3.8) is 0 Å². The van der Waals surface area contributed by atoms with E-state index in [1.165, 1.54) is 18.4 Å². The van der Waals surface area contributed by atoms with Crippen LogP contribution in [-0.2, 0) is 6.42 Å². The summed E-state index contributed by atoms with van der Waals surface area (Å²) in [4.78, 5) is 0. The molecule has 1 unspecified atom stereocenters. The third-order valence-corrected chi connectivity index (χ3v) is 2.40. The van der Waals surface area contributed by atoms with Crippen molar-refractivity contribution >= 4 is 0 Å². The van der Waals surface area contributed by atoms with E-state index in [2.05, 4.69) is 43.0 Å². The first-order valence-electron chi connectivity index (χ1n) is 5.98. The molecule has 1 heteroatoms. The molecule has 0 bridgehead atoms. The number of hydrogen-bond acceptors (Lipinski definition) is 1. The van der Waals surface area contributed by atoms with Gasteiger partial charge in [0.25, 0.3) is 0 Å². The number of aryl methyl sites for hydroxylation is 1. The van der Waals surface area contributed by atoms with Gasteiger partial charge in [0.2, 0.25) is 0 Å². The van der Waals surface area contributed by atoms with E-state index in [1.54, 1.807) is 6.92 Å². The number of aliphatic hydroxyl groups excluding tert-OH is 1. The number of hydrogen-bond donors (Lipinski definition) is 1. The molecule has 0 saturated carbocycles. The van der Waals surface area contributed by atoms with Gasteiger partial charge in [0, 0.05) is 12.0 Å². The molecule has 1 aromatic rings. The Morgan fingerprint density at radius 1 is 1.25 bits per heavy atom. The van der Waals surface area contributed by atoms with Gasteiger partial charge in [-0.3, -0.25) is 0 Å². The highest BCUT2D eigenvalue weighted by Gasteiger charge is 1.93. The van der Waals surface area contributed by atoms with Crippen LogP contribution >= 0.6 is 0 Å². The van der Waals surface area contributed by atoms with E-state index in [-0.39, 0.29) is 6.10 Å². The van der Waals surface area contributed by atoms with Gasteiger partial charge >= 0.3 is 0 Å². The fourth-order valence-corrected chi connectivity index (χ4v) is 1.44. The number of benzene rings is 1. The summed E-state index contributed by atoms with van der Waals surface area (Å²) < 4.78 is 0. The van der Waals surface area contributed by atoms with Crippen molar-refractivity contribution in [3.05, 3.63) is 35.4 Å². The smallest absolute Gasteiger partial charge is 0.0621 e. The Kier molecular flexibility index (Phi) is 5.67. The van der Waals surface area contributed by atoms with Crippen molar-refractivity contribution in [1.82, 2.24) is 0 Å². The summed E-state index contributed by atoms with van der Waals surface area (Å²) in [5.41, 5.74) is 2.41. The van der Waals surface area contributed by atoms with Crippen molar-refractivity contribution in [1.29, 1.82) is 0 Å². The topological polar surface area (TPSA) is 20.2 Å². The zero-order valence-electron chi connectivity index (χ0n) is 10.2. The van der Waals surface area contributed by atoms with E-state index in [0.29, 0.717) is 6.42 Å². The Morgan fingerprint density at radius 3 is 2.50 bits per heavy atom. The van der Waals surface area contributed by atoms with Gasteiger partial charge in [0.15, 0.2) is 0 Å². The van der Waals surface area contributed by atoms with Crippen LogP contribution in [0.4, 0.5) is 0 Å². The van der Waals surface area contributed by atoms with Crippen LogP contribution in [0.25, 0.3) is 0 Å². The quantitative estimate of drug-likeness (QED) is 0.767. The van der Waals surface area contributed by atoms with Gasteiger partial charge in [0.1, 0.15) is 0 Å². The first-order valence-corrected chi connectivity index (χ1v) is 5.98. The summed E-state index contributed by atoms with van der Waals surface area (Å²) >= 11 is 0. The molecule has 0 saturated heterocycles. The molecule has 0 aliphatic carbocycles. The molecule has 1 atom stereocenters. The molecule has 0 amide bonds. The van der Waals surface area contributed by atoms with Crippen LogP contribution in [0.1, 0.15) is 44.2 Å². The second-order valence-corrected chi connectivity index (χ2v) is 4.16. The van der Waals surface area contributed by atoms with Crippen molar-refractivity contribution in [2.24, 2.45) is 0 Å². The van der Waals surface area contributed by atoms with Gasteiger partial charge in [-0.2, -0.15) is 0 Å². The fraction of sp³-hybridized carbons (Fsp3) is 0.467. The molecule has 1 nitrogen and oxygen atoms in total. The molecule has 86 valence electrons.